The van der Waals surface area contributed by atoms with Gasteiger partial charge in [-0.1, -0.05) is 30.3 Å². The molecule has 0 aliphatic heterocycles. The molecule has 0 aliphatic carbocycles. The third-order valence-corrected chi connectivity index (χ3v) is 5.64. The number of carbonyl (C=O) groups is 2. The predicted octanol–water partition coefficient (Wildman–Crippen LogP) is 6.03. The Morgan fingerprint density at radius 1 is 1.03 bits per heavy atom. The Hall–Kier alpha value is -4.09. The second-order valence-corrected chi connectivity index (χ2v) is 8.76. The maximum atomic E-state index is 12.7. The maximum Gasteiger partial charge on any atom is 0.266 e. The summed E-state index contributed by atoms with van der Waals surface area (Å²) in [4.78, 5) is 25.1. The number of aryl methyl sites for hydroxylation is 2. The van der Waals surface area contributed by atoms with E-state index in [0.29, 0.717) is 39.5 Å². The first-order chi connectivity index (χ1) is 17.3. The van der Waals surface area contributed by atoms with E-state index >= 15 is 0 Å². The molecule has 7 nitrogen and oxygen atoms in total. The van der Waals surface area contributed by atoms with E-state index in [1.807, 2.05) is 69.3 Å². The minimum absolute atomic E-state index is 0.0721. The fourth-order valence-electron chi connectivity index (χ4n) is 3.35. The van der Waals surface area contributed by atoms with Crippen molar-refractivity contribution in [1.82, 2.24) is 0 Å². The van der Waals surface area contributed by atoms with Crippen molar-refractivity contribution >= 4 is 45.2 Å². The van der Waals surface area contributed by atoms with Crippen LogP contribution in [0.15, 0.2) is 70.7 Å². The second-order valence-electron chi connectivity index (χ2n) is 7.91. The topological polar surface area (TPSA) is 100 Å². The summed E-state index contributed by atoms with van der Waals surface area (Å²) in [6, 6.07) is 20.1. The number of hydrogen-bond donors (Lipinski definition) is 2. The Morgan fingerprint density at radius 3 is 2.50 bits per heavy atom. The van der Waals surface area contributed by atoms with Crippen molar-refractivity contribution in [3.63, 3.8) is 0 Å². The number of nitriles is 1. The lowest BCUT2D eigenvalue weighted by Gasteiger charge is -2.15. The molecule has 2 amide bonds. The minimum Gasteiger partial charge on any atom is -0.490 e. The number of hydrogen-bond acceptors (Lipinski definition) is 5. The van der Waals surface area contributed by atoms with E-state index in [4.69, 9.17) is 9.47 Å². The molecule has 0 saturated heterocycles. The molecular weight excluding hydrogens is 522 g/mol. The molecule has 3 rings (SSSR count). The van der Waals surface area contributed by atoms with Crippen molar-refractivity contribution < 1.29 is 19.1 Å². The molecule has 0 heterocycles. The van der Waals surface area contributed by atoms with Crippen LogP contribution in [0.2, 0.25) is 0 Å². The number of carbonyl (C=O) groups excluding carboxylic acids is 2. The van der Waals surface area contributed by atoms with Crippen LogP contribution in [-0.2, 0) is 9.59 Å². The number of ether oxygens (including phenoxy) is 2. The van der Waals surface area contributed by atoms with Crippen LogP contribution in [0.25, 0.3) is 6.08 Å². The molecule has 0 radical (unpaired) electrons. The minimum atomic E-state index is -0.523. The lowest BCUT2D eigenvalue weighted by molar-refractivity contribution is -0.118. The molecule has 0 bridgehead atoms. The van der Waals surface area contributed by atoms with E-state index in [9.17, 15) is 14.9 Å². The van der Waals surface area contributed by atoms with Gasteiger partial charge in [0.05, 0.1) is 11.1 Å². The monoisotopic (exact) mass is 547 g/mol. The number of para-hydroxylation sites is 1. The van der Waals surface area contributed by atoms with Gasteiger partial charge >= 0.3 is 0 Å². The van der Waals surface area contributed by atoms with Crippen molar-refractivity contribution in [1.29, 1.82) is 5.26 Å². The number of benzene rings is 3. The van der Waals surface area contributed by atoms with Gasteiger partial charge < -0.3 is 20.1 Å². The number of anilines is 2. The highest BCUT2D eigenvalue weighted by molar-refractivity contribution is 9.10. The lowest BCUT2D eigenvalue weighted by Crippen LogP contribution is -2.21. The molecule has 0 aromatic heterocycles. The van der Waals surface area contributed by atoms with Crippen molar-refractivity contribution in [2.24, 2.45) is 0 Å². The Labute approximate surface area is 218 Å². The largest absolute Gasteiger partial charge is 0.490 e. The summed E-state index contributed by atoms with van der Waals surface area (Å²) in [7, 11) is 0. The summed E-state index contributed by atoms with van der Waals surface area (Å²) in [6.07, 6.45) is 1.47. The zero-order chi connectivity index (χ0) is 26.1. The van der Waals surface area contributed by atoms with Gasteiger partial charge in [-0.05, 0) is 89.8 Å². The van der Waals surface area contributed by atoms with E-state index in [2.05, 4.69) is 26.6 Å². The molecule has 0 spiro atoms. The summed E-state index contributed by atoms with van der Waals surface area (Å²) >= 11 is 3.46. The smallest absolute Gasteiger partial charge is 0.266 e. The van der Waals surface area contributed by atoms with E-state index in [-0.39, 0.29) is 18.1 Å². The van der Waals surface area contributed by atoms with Crippen LogP contribution in [0.3, 0.4) is 0 Å². The maximum absolute atomic E-state index is 12.7. The zero-order valence-corrected chi connectivity index (χ0v) is 21.8. The second kappa shape index (κ2) is 12.6. The van der Waals surface area contributed by atoms with Crippen LogP contribution >= 0.6 is 15.9 Å². The Balaban J connectivity index is 1.78. The molecule has 0 unspecified atom stereocenters. The molecule has 8 heteroatoms. The average Bonchev–Trinajstić information content (AvgIpc) is 2.83. The van der Waals surface area contributed by atoms with Gasteiger partial charge in [0.1, 0.15) is 11.6 Å². The first-order valence-corrected chi connectivity index (χ1v) is 12.0. The third-order valence-electron chi connectivity index (χ3n) is 5.05. The third kappa shape index (κ3) is 7.20. The van der Waals surface area contributed by atoms with E-state index < -0.39 is 5.91 Å². The molecule has 3 aromatic rings. The summed E-state index contributed by atoms with van der Waals surface area (Å²) < 4.78 is 12.0. The van der Waals surface area contributed by atoms with Crippen LogP contribution < -0.4 is 20.1 Å². The Bertz CT molecular complexity index is 1340. The van der Waals surface area contributed by atoms with Gasteiger partial charge in [0.2, 0.25) is 0 Å². The van der Waals surface area contributed by atoms with Crippen molar-refractivity contribution in [3.8, 4) is 17.6 Å². The summed E-state index contributed by atoms with van der Waals surface area (Å²) in [5, 5.41) is 15.1. The fourth-order valence-corrected chi connectivity index (χ4v) is 3.92. The lowest BCUT2D eigenvalue weighted by atomic mass is 10.1. The first-order valence-electron chi connectivity index (χ1n) is 11.2. The highest BCUT2D eigenvalue weighted by Gasteiger charge is 2.16. The van der Waals surface area contributed by atoms with Gasteiger partial charge in [-0.2, -0.15) is 5.26 Å². The van der Waals surface area contributed by atoms with Crippen LogP contribution in [0.5, 0.6) is 11.5 Å². The molecule has 2 N–H and O–H groups in total. The molecule has 0 saturated carbocycles. The van der Waals surface area contributed by atoms with Crippen LogP contribution in [-0.4, -0.2) is 25.0 Å². The van der Waals surface area contributed by atoms with E-state index in [0.717, 1.165) is 11.1 Å². The van der Waals surface area contributed by atoms with E-state index in [1.54, 1.807) is 18.2 Å². The summed E-state index contributed by atoms with van der Waals surface area (Å²) in [5.74, 6) is -0.123. The number of halogens is 1. The highest BCUT2D eigenvalue weighted by Crippen LogP contribution is 2.37. The van der Waals surface area contributed by atoms with Gasteiger partial charge in [0, 0.05) is 11.4 Å². The van der Waals surface area contributed by atoms with E-state index in [1.165, 1.54) is 6.08 Å². The number of nitrogens with zero attached hydrogens (tertiary/aromatic N) is 1. The zero-order valence-electron chi connectivity index (χ0n) is 20.2. The van der Waals surface area contributed by atoms with Gasteiger partial charge in [-0.15, -0.1) is 0 Å². The summed E-state index contributed by atoms with van der Waals surface area (Å²) in [6.45, 7) is 5.76. The van der Waals surface area contributed by atoms with Crippen LogP contribution in [0.4, 0.5) is 11.4 Å². The molecule has 0 aliphatic rings. The molecule has 0 atom stereocenters. The molecule has 3 aromatic carbocycles. The molecule has 0 fully saturated rings. The standard InChI is InChI=1S/C28H26BrN3O4/c1-4-35-25-15-20(13-21(16-30)28(34)31-22-10-7-8-18(2)12-22)14-23(29)27(25)36-17-26(33)32-24-11-6-5-9-19(24)3/h5-15H,4,17H2,1-3H3,(H,31,34)(H,32,33)/b21-13+. The number of amides is 2. The van der Waals surface area contributed by atoms with Crippen LogP contribution in [0.1, 0.15) is 23.6 Å². The van der Waals surface area contributed by atoms with Gasteiger partial charge in [-0.3, -0.25) is 9.59 Å². The first kappa shape index (κ1) is 26.5. The fraction of sp³-hybridized carbons (Fsp3) is 0.179. The van der Waals surface area contributed by atoms with Crippen molar-refractivity contribution in [2.45, 2.75) is 20.8 Å². The Morgan fingerprint density at radius 2 is 1.81 bits per heavy atom. The SMILES string of the molecule is CCOc1cc(/C=C(\C#N)C(=O)Nc2cccc(C)c2)cc(Br)c1OCC(=O)Nc1ccccc1C. The van der Waals surface area contributed by atoms with Gasteiger partial charge in [0.15, 0.2) is 18.1 Å². The van der Waals surface area contributed by atoms with Crippen molar-refractivity contribution in [2.75, 3.05) is 23.8 Å². The van der Waals surface area contributed by atoms with Crippen LogP contribution in [0, 0.1) is 25.2 Å². The van der Waals surface area contributed by atoms with Gasteiger partial charge in [0.25, 0.3) is 11.8 Å². The summed E-state index contributed by atoms with van der Waals surface area (Å²) in [5.41, 5.74) is 3.73. The average molecular weight is 548 g/mol. The molecule has 36 heavy (non-hydrogen) atoms. The highest BCUT2D eigenvalue weighted by atomic mass is 79.9. The number of nitrogens with one attached hydrogen (secondary N) is 2. The number of rotatable bonds is 9. The normalized spacial score (nSPS) is 10.8. The van der Waals surface area contributed by atoms with Gasteiger partial charge in [-0.25, -0.2) is 0 Å². The molecule has 184 valence electrons. The quantitative estimate of drug-likeness (QED) is 0.251. The predicted molar refractivity (Wildman–Crippen MR) is 144 cm³/mol. The Kier molecular flexibility index (Phi) is 9.25. The van der Waals surface area contributed by atoms with Crippen molar-refractivity contribution in [3.05, 3.63) is 87.4 Å². The molecular formula is C28H26BrN3O4.